The Morgan fingerprint density at radius 1 is 1.10 bits per heavy atom. The topological polar surface area (TPSA) is 57.1 Å². The lowest BCUT2D eigenvalue weighted by molar-refractivity contribution is -0.129. The maximum Gasteiger partial charge on any atom is 0.363 e. The Labute approximate surface area is 183 Å². The average Bonchev–Trinajstić information content (AvgIpc) is 3.13. The summed E-state index contributed by atoms with van der Waals surface area (Å²) >= 11 is 6.41. The molecule has 1 heterocycles. The molecule has 0 atom stereocenters. The van der Waals surface area contributed by atoms with Crippen LogP contribution in [0.2, 0.25) is 5.02 Å². The van der Waals surface area contributed by atoms with Crippen molar-refractivity contribution in [1.82, 2.24) is 0 Å². The molecule has 0 spiro atoms. The maximum atomic E-state index is 14.0. The monoisotopic (exact) mass is 437 g/mol. The lowest BCUT2D eigenvalue weighted by Crippen LogP contribution is -2.07. The van der Waals surface area contributed by atoms with Crippen LogP contribution in [0.5, 0.6) is 11.5 Å². The fourth-order valence-electron chi connectivity index (χ4n) is 3.01. The Hall–Kier alpha value is -3.64. The largest absolute Gasteiger partial charge is 0.493 e. The normalized spacial score (nSPS) is 14.4. The van der Waals surface area contributed by atoms with Crippen LogP contribution in [0.25, 0.3) is 6.08 Å². The van der Waals surface area contributed by atoms with E-state index in [1.807, 2.05) is 30.3 Å². The second kappa shape index (κ2) is 9.02. The highest BCUT2D eigenvalue weighted by Crippen LogP contribution is 2.38. The standard InChI is InChI=1S/C24H17ClFNO4/c1-29-21-13-16(11-18(25)22(21)30-14-15-7-3-2-4-8-15)12-20-24(28)31-23(27-20)17-9-5-6-10-19(17)26/h2-13H,14H2,1H3/b20-12-. The predicted octanol–water partition coefficient (Wildman–Crippen LogP) is 5.41. The lowest BCUT2D eigenvalue weighted by atomic mass is 10.1. The third-order valence-electron chi connectivity index (χ3n) is 4.51. The number of esters is 1. The number of carbonyl (C=O) groups excluding carboxylic acids is 1. The molecule has 0 aromatic heterocycles. The second-order valence-corrected chi connectivity index (χ2v) is 7.03. The van der Waals surface area contributed by atoms with Crippen LogP contribution < -0.4 is 9.47 Å². The van der Waals surface area contributed by atoms with E-state index in [2.05, 4.69) is 4.99 Å². The summed E-state index contributed by atoms with van der Waals surface area (Å²) in [7, 11) is 1.50. The van der Waals surface area contributed by atoms with Crippen LogP contribution in [0.4, 0.5) is 4.39 Å². The summed E-state index contributed by atoms with van der Waals surface area (Å²) in [4.78, 5) is 16.4. The van der Waals surface area contributed by atoms with Crippen molar-refractivity contribution in [3.8, 4) is 11.5 Å². The molecule has 0 aliphatic carbocycles. The fourth-order valence-corrected chi connectivity index (χ4v) is 3.28. The first-order valence-electron chi connectivity index (χ1n) is 9.37. The summed E-state index contributed by atoms with van der Waals surface area (Å²) in [6.07, 6.45) is 1.49. The molecule has 0 radical (unpaired) electrons. The molecule has 3 aromatic carbocycles. The quantitative estimate of drug-likeness (QED) is 0.382. The Kier molecular flexibility index (Phi) is 6.00. The molecule has 0 fully saturated rings. The Balaban J connectivity index is 1.61. The summed E-state index contributed by atoms with van der Waals surface area (Å²) < 4.78 is 30.4. The van der Waals surface area contributed by atoms with Crippen LogP contribution >= 0.6 is 11.6 Å². The zero-order valence-electron chi connectivity index (χ0n) is 16.5. The van der Waals surface area contributed by atoms with Crippen LogP contribution in [0.15, 0.2) is 77.4 Å². The van der Waals surface area contributed by atoms with Crippen LogP contribution in [-0.2, 0) is 16.1 Å². The summed E-state index contributed by atoms with van der Waals surface area (Å²) in [5.74, 6) is -0.507. The molecule has 0 saturated carbocycles. The van der Waals surface area contributed by atoms with Gasteiger partial charge in [0, 0.05) is 0 Å². The lowest BCUT2D eigenvalue weighted by Gasteiger charge is -2.13. The highest BCUT2D eigenvalue weighted by atomic mass is 35.5. The number of hydrogen-bond acceptors (Lipinski definition) is 5. The number of hydrogen-bond donors (Lipinski definition) is 0. The predicted molar refractivity (Wildman–Crippen MR) is 116 cm³/mol. The summed E-state index contributed by atoms with van der Waals surface area (Å²) in [6, 6.07) is 18.9. The molecule has 31 heavy (non-hydrogen) atoms. The zero-order valence-corrected chi connectivity index (χ0v) is 17.2. The van der Waals surface area contributed by atoms with Gasteiger partial charge in [-0.1, -0.05) is 54.1 Å². The van der Waals surface area contributed by atoms with E-state index in [0.29, 0.717) is 28.7 Å². The smallest absolute Gasteiger partial charge is 0.363 e. The second-order valence-electron chi connectivity index (χ2n) is 6.62. The van der Waals surface area contributed by atoms with E-state index in [9.17, 15) is 9.18 Å². The van der Waals surface area contributed by atoms with Crippen molar-refractivity contribution in [3.63, 3.8) is 0 Å². The maximum absolute atomic E-state index is 14.0. The van der Waals surface area contributed by atoms with E-state index in [4.69, 9.17) is 25.8 Å². The minimum Gasteiger partial charge on any atom is -0.493 e. The first kappa shape index (κ1) is 20.6. The van der Waals surface area contributed by atoms with Crippen LogP contribution in [0, 0.1) is 5.82 Å². The number of nitrogens with zero attached hydrogens (tertiary/aromatic N) is 1. The molecule has 7 heteroatoms. The van der Waals surface area contributed by atoms with E-state index < -0.39 is 11.8 Å². The molecule has 5 nitrogen and oxygen atoms in total. The van der Waals surface area contributed by atoms with Gasteiger partial charge in [-0.2, -0.15) is 0 Å². The van der Waals surface area contributed by atoms with Gasteiger partial charge in [0.05, 0.1) is 17.7 Å². The van der Waals surface area contributed by atoms with Gasteiger partial charge in [0.1, 0.15) is 12.4 Å². The molecule has 3 aromatic rings. The van der Waals surface area contributed by atoms with Gasteiger partial charge in [0.2, 0.25) is 5.90 Å². The van der Waals surface area contributed by atoms with Gasteiger partial charge in [0.15, 0.2) is 17.2 Å². The number of rotatable bonds is 6. The third-order valence-corrected chi connectivity index (χ3v) is 4.79. The number of benzene rings is 3. The van der Waals surface area contributed by atoms with Gasteiger partial charge in [0.25, 0.3) is 0 Å². The first-order valence-corrected chi connectivity index (χ1v) is 9.74. The van der Waals surface area contributed by atoms with Crippen molar-refractivity contribution in [2.75, 3.05) is 7.11 Å². The van der Waals surface area contributed by atoms with Gasteiger partial charge >= 0.3 is 5.97 Å². The van der Waals surface area contributed by atoms with Gasteiger partial charge in [-0.25, -0.2) is 14.2 Å². The van der Waals surface area contributed by atoms with Crippen molar-refractivity contribution in [1.29, 1.82) is 0 Å². The fraction of sp³-hybridized carbons (Fsp3) is 0.0833. The molecule has 0 saturated heterocycles. The van der Waals surface area contributed by atoms with Gasteiger partial charge < -0.3 is 14.2 Å². The van der Waals surface area contributed by atoms with Crippen molar-refractivity contribution in [2.45, 2.75) is 6.61 Å². The summed E-state index contributed by atoms with van der Waals surface area (Å²) in [5, 5.41) is 0.312. The van der Waals surface area contributed by atoms with Crippen molar-refractivity contribution >= 4 is 29.5 Å². The minimum atomic E-state index is -0.683. The molecular formula is C24H17ClFNO4. The van der Waals surface area contributed by atoms with Crippen molar-refractivity contribution in [3.05, 3.63) is 100.0 Å². The molecule has 0 amide bonds. The molecule has 0 bridgehead atoms. The zero-order chi connectivity index (χ0) is 21.8. The molecule has 0 unspecified atom stereocenters. The highest BCUT2D eigenvalue weighted by molar-refractivity contribution is 6.32. The summed E-state index contributed by atoms with van der Waals surface area (Å²) in [5.41, 5.74) is 1.67. The van der Waals surface area contributed by atoms with Crippen LogP contribution in [-0.4, -0.2) is 19.0 Å². The van der Waals surface area contributed by atoms with E-state index in [-0.39, 0.29) is 17.2 Å². The van der Waals surface area contributed by atoms with Crippen molar-refractivity contribution < 1.29 is 23.4 Å². The molecular weight excluding hydrogens is 421 g/mol. The molecule has 1 aliphatic heterocycles. The minimum absolute atomic E-state index is 0.0225. The number of cyclic esters (lactones) is 1. The number of methoxy groups -OCH3 is 1. The molecule has 0 N–H and O–H groups in total. The van der Waals surface area contributed by atoms with Crippen LogP contribution in [0.3, 0.4) is 0 Å². The van der Waals surface area contributed by atoms with Crippen molar-refractivity contribution in [2.24, 2.45) is 4.99 Å². The number of ether oxygens (including phenoxy) is 3. The van der Waals surface area contributed by atoms with Gasteiger partial charge in [-0.05, 0) is 41.5 Å². The Bertz CT molecular complexity index is 1190. The van der Waals surface area contributed by atoms with E-state index >= 15 is 0 Å². The Morgan fingerprint density at radius 3 is 2.58 bits per heavy atom. The number of carbonyl (C=O) groups is 1. The molecule has 1 aliphatic rings. The SMILES string of the molecule is COc1cc(/C=C2\N=C(c3ccccc3F)OC2=O)cc(Cl)c1OCc1ccccc1. The van der Waals surface area contributed by atoms with E-state index in [0.717, 1.165) is 5.56 Å². The van der Waals surface area contributed by atoms with Crippen LogP contribution in [0.1, 0.15) is 16.7 Å². The third kappa shape index (κ3) is 4.59. The van der Waals surface area contributed by atoms with E-state index in [1.165, 1.54) is 25.3 Å². The molecule has 156 valence electrons. The van der Waals surface area contributed by atoms with Gasteiger partial charge in [-0.3, -0.25) is 0 Å². The van der Waals surface area contributed by atoms with E-state index in [1.54, 1.807) is 24.3 Å². The number of halogens is 2. The average molecular weight is 438 g/mol. The number of aliphatic imine (C=N–C) groups is 1. The highest BCUT2D eigenvalue weighted by Gasteiger charge is 2.26. The van der Waals surface area contributed by atoms with Gasteiger partial charge in [-0.15, -0.1) is 0 Å². The first-order chi connectivity index (χ1) is 15.0. The Morgan fingerprint density at radius 2 is 1.84 bits per heavy atom. The summed E-state index contributed by atoms with van der Waals surface area (Å²) in [6.45, 7) is 0.319. The molecule has 4 rings (SSSR count).